The van der Waals surface area contributed by atoms with Gasteiger partial charge in [-0.25, -0.2) is 12.8 Å². The Morgan fingerprint density at radius 1 is 1.10 bits per heavy atom. The van der Waals surface area contributed by atoms with Crippen LogP contribution in [0.5, 0.6) is 5.75 Å². The maximum Gasteiger partial charge on any atom is 0.264 e. The van der Waals surface area contributed by atoms with Crippen molar-refractivity contribution in [3.8, 4) is 5.75 Å². The van der Waals surface area contributed by atoms with Crippen LogP contribution in [-0.4, -0.2) is 20.0 Å². The van der Waals surface area contributed by atoms with Crippen LogP contribution in [-0.2, 0) is 15.5 Å². The number of hydrogen-bond donors (Lipinski definition) is 0. The van der Waals surface area contributed by atoms with Gasteiger partial charge in [-0.1, -0.05) is 0 Å². The predicted octanol–water partition coefficient (Wildman–Crippen LogP) is 2.91. The van der Waals surface area contributed by atoms with Crippen LogP contribution in [0.15, 0.2) is 41.6 Å². The molecule has 0 aliphatic rings. The Hall–Kier alpha value is -1.73. The van der Waals surface area contributed by atoms with Gasteiger partial charge in [0, 0.05) is 29.5 Å². The van der Waals surface area contributed by atoms with Crippen LogP contribution in [0.2, 0.25) is 0 Å². The summed E-state index contributed by atoms with van der Waals surface area (Å²) in [6, 6.07) is 5.43. The van der Waals surface area contributed by atoms with Gasteiger partial charge in [0.05, 0.1) is 6.61 Å². The Morgan fingerprint density at radius 3 is 2.38 bits per heavy atom. The van der Waals surface area contributed by atoms with E-state index in [4.69, 9.17) is 15.4 Å². The van der Waals surface area contributed by atoms with Gasteiger partial charge < -0.3 is 4.74 Å². The molecule has 0 fully saturated rings. The third-order valence-electron chi connectivity index (χ3n) is 2.67. The van der Waals surface area contributed by atoms with Crippen LogP contribution in [0.4, 0.5) is 8.78 Å². The molecule has 4 nitrogen and oxygen atoms in total. The molecule has 0 radical (unpaired) electrons. The zero-order valence-electron chi connectivity index (χ0n) is 10.6. The number of hydrogen-bond acceptors (Lipinski definition) is 4. The van der Waals surface area contributed by atoms with Crippen LogP contribution in [0.3, 0.4) is 0 Å². The lowest BCUT2D eigenvalue weighted by atomic mass is 10.2. The molecule has 0 saturated heterocycles. The summed E-state index contributed by atoms with van der Waals surface area (Å²) in [6.45, 7) is 0.105. The van der Waals surface area contributed by atoms with Crippen molar-refractivity contribution in [2.24, 2.45) is 0 Å². The number of nitrogens with zero attached hydrogens (tertiary/aromatic N) is 1. The van der Waals surface area contributed by atoms with Crippen molar-refractivity contribution < 1.29 is 21.9 Å². The zero-order valence-corrected chi connectivity index (χ0v) is 12.2. The summed E-state index contributed by atoms with van der Waals surface area (Å²) in [4.78, 5) is 2.94. The van der Waals surface area contributed by atoms with E-state index in [0.29, 0.717) is 6.42 Å². The average Bonchev–Trinajstić information content (AvgIpc) is 2.43. The minimum Gasteiger partial charge on any atom is -0.490 e. The van der Waals surface area contributed by atoms with Crippen molar-refractivity contribution >= 4 is 19.7 Å². The highest BCUT2D eigenvalue weighted by Crippen LogP contribution is 2.27. The molecule has 8 heteroatoms. The van der Waals surface area contributed by atoms with E-state index in [2.05, 4.69) is 4.98 Å². The number of halogens is 3. The molecule has 0 saturated carbocycles. The summed E-state index contributed by atoms with van der Waals surface area (Å²) in [6.07, 6.45) is 3.69. The van der Waals surface area contributed by atoms with Crippen molar-refractivity contribution in [1.29, 1.82) is 0 Å². The number of aromatic nitrogens is 1. The molecular formula is C13H10ClF2NO3S. The van der Waals surface area contributed by atoms with Gasteiger partial charge in [-0.15, -0.1) is 0 Å². The van der Waals surface area contributed by atoms with E-state index in [0.717, 1.165) is 17.7 Å². The fourth-order valence-corrected chi connectivity index (χ4v) is 2.53. The third kappa shape index (κ3) is 3.89. The van der Waals surface area contributed by atoms with Gasteiger partial charge in [0.1, 0.15) is 4.90 Å². The standard InChI is InChI=1S/C13H10ClF2NO3S/c14-21(18,19)11-2-1-10(12(15)13(11)16)20-8-5-9-3-6-17-7-4-9/h1-4,6-7H,5,8H2. The van der Waals surface area contributed by atoms with Gasteiger partial charge >= 0.3 is 0 Å². The first-order chi connectivity index (χ1) is 9.89. The van der Waals surface area contributed by atoms with E-state index in [9.17, 15) is 17.2 Å². The molecule has 2 rings (SSSR count). The largest absolute Gasteiger partial charge is 0.490 e. The third-order valence-corrected chi connectivity index (χ3v) is 4.01. The van der Waals surface area contributed by atoms with Crippen LogP contribution in [0.25, 0.3) is 0 Å². The Bertz CT molecular complexity index is 739. The van der Waals surface area contributed by atoms with E-state index in [1.165, 1.54) is 0 Å². The van der Waals surface area contributed by atoms with Crippen molar-refractivity contribution in [2.45, 2.75) is 11.3 Å². The summed E-state index contributed by atoms with van der Waals surface area (Å²) in [7, 11) is 0.650. The second-order valence-electron chi connectivity index (χ2n) is 4.08. The molecule has 1 heterocycles. The lowest BCUT2D eigenvalue weighted by Crippen LogP contribution is -2.06. The van der Waals surface area contributed by atoms with E-state index in [-0.39, 0.29) is 12.4 Å². The van der Waals surface area contributed by atoms with Crippen molar-refractivity contribution in [1.82, 2.24) is 4.98 Å². The van der Waals surface area contributed by atoms with Crippen LogP contribution >= 0.6 is 10.7 Å². The highest BCUT2D eigenvalue weighted by atomic mass is 35.7. The molecule has 2 aromatic rings. The number of pyridine rings is 1. The number of benzene rings is 1. The molecule has 112 valence electrons. The quantitative estimate of drug-likeness (QED) is 0.789. The van der Waals surface area contributed by atoms with Gasteiger partial charge in [-0.2, -0.15) is 4.39 Å². The summed E-state index contributed by atoms with van der Waals surface area (Å²) in [5.74, 6) is -3.30. The number of ether oxygens (including phenoxy) is 1. The first-order valence-electron chi connectivity index (χ1n) is 5.84. The fraction of sp³-hybridized carbons (Fsp3) is 0.154. The smallest absolute Gasteiger partial charge is 0.264 e. The summed E-state index contributed by atoms with van der Waals surface area (Å²) < 4.78 is 54.4. The van der Waals surface area contributed by atoms with Crippen molar-refractivity contribution in [2.75, 3.05) is 6.61 Å². The van der Waals surface area contributed by atoms with E-state index < -0.39 is 25.6 Å². The highest BCUT2D eigenvalue weighted by Gasteiger charge is 2.22. The molecule has 21 heavy (non-hydrogen) atoms. The Balaban J connectivity index is 2.10. The molecule has 0 amide bonds. The van der Waals surface area contributed by atoms with Crippen molar-refractivity contribution in [3.63, 3.8) is 0 Å². The Labute approximate surface area is 124 Å². The monoisotopic (exact) mass is 333 g/mol. The predicted molar refractivity (Wildman–Crippen MR) is 72.8 cm³/mol. The average molecular weight is 334 g/mol. The minimum absolute atomic E-state index is 0.105. The van der Waals surface area contributed by atoms with Crippen LogP contribution in [0, 0.1) is 11.6 Å². The molecule has 0 aliphatic heterocycles. The van der Waals surface area contributed by atoms with Gasteiger partial charge in [0.2, 0.25) is 5.82 Å². The Kier molecular flexibility index (Phi) is 4.74. The second-order valence-corrected chi connectivity index (χ2v) is 6.62. The van der Waals surface area contributed by atoms with Gasteiger partial charge in [-0.05, 0) is 29.8 Å². The minimum atomic E-state index is -4.34. The Morgan fingerprint density at radius 2 is 1.76 bits per heavy atom. The first-order valence-corrected chi connectivity index (χ1v) is 8.15. The lowest BCUT2D eigenvalue weighted by molar-refractivity contribution is 0.297. The second kappa shape index (κ2) is 6.36. The fourth-order valence-electron chi connectivity index (χ4n) is 1.64. The topological polar surface area (TPSA) is 56.3 Å². The molecule has 0 spiro atoms. The molecule has 0 N–H and O–H groups in total. The molecule has 0 bridgehead atoms. The normalized spacial score (nSPS) is 11.4. The molecular weight excluding hydrogens is 324 g/mol. The molecule has 0 aliphatic carbocycles. The summed E-state index contributed by atoms with van der Waals surface area (Å²) in [5, 5.41) is 0. The molecule has 0 unspecified atom stereocenters. The maximum atomic E-state index is 13.7. The highest BCUT2D eigenvalue weighted by molar-refractivity contribution is 8.13. The number of rotatable bonds is 5. The molecule has 1 aromatic carbocycles. The van der Waals surface area contributed by atoms with Crippen LogP contribution < -0.4 is 4.74 Å². The van der Waals surface area contributed by atoms with E-state index in [1.54, 1.807) is 24.5 Å². The maximum absolute atomic E-state index is 13.7. The van der Waals surface area contributed by atoms with Crippen molar-refractivity contribution in [3.05, 3.63) is 53.9 Å². The van der Waals surface area contributed by atoms with E-state index in [1.807, 2.05) is 0 Å². The zero-order chi connectivity index (χ0) is 15.5. The molecule has 0 atom stereocenters. The van der Waals surface area contributed by atoms with E-state index >= 15 is 0 Å². The van der Waals surface area contributed by atoms with Gasteiger partial charge in [0.25, 0.3) is 9.05 Å². The summed E-state index contributed by atoms with van der Waals surface area (Å²) >= 11 is 0. The summed E-state index contributed by atoms with van der Waals surface area (Å²) in [5.41, 5.74) is 0.922. The first kappa shape index (κ1) is 15.7. The molecule has 1 aromatic heterocycles. The SMILES string of the molecule is O=S(=O)(Cl)c1ccc(OCCc2ccncc2)c(F)c1F. The van der Waals surface area contributed by atoms with Gasteiger partial charge in [0.15, 0.2) is 11.6 Å². The van der Waals surface area contributed by atoms with Gasteiger partial charge in [-0.3, -0.25) is 4.98 Å². The van der Waals surface area contributed by atoms with Crippen LogP contribution in [0.1, 0.15) is 5.56 Å². The lowest BCUT2D eigenvalue weighted by Gasteiger charge is -2.09.